The van der Waals surface area contributed by atoms with Crippen molar-refractivity contribution in [2.45, 2.75) is 64.2 Å². The van der Waals surface area contributed by atoms with Crippen molar-refractivity contribution in [1.29, 1.82) is 0 Å². The smallest absolute Gasteiger partial charge is 0.306 e. The predicted molar refractivity (Wildman–Crippen MR) is 101 cm³/mol. The molecule has 26 heavy (non-hydrogen) atoms. The average Bonchev–Trinajstić information content (AvgIpc) is 3.01. The van der Waals surface area contributed by atoms with E-state index in [0.717, 1.165) is 19.3 Å². The number of ether oxygens (including phenoxy) is 1. The molecule has 8 heteroatoms. The first-order chi connectivity index (χ1) is 12.0. The van der Waals surface area contributed by atoms with Gasteiger partial charge in [-0.3, -0.25) is 9.59 Å². The largest absolute Gasteiger partial charge is 0.469 e. The Morgan fingerprint density at radius 1 is 1.35 bits per heavy atom. The van der Waals surface area contributed by atoms with E-state index in [-0.39, 0.29) is 46.2 Å². The highest BCUT2D eigenvalue weighted by molar-refractivity contribution is 7.99. The van der Waals surface area contributed by atoms with Gasteiger partial charge in [-0.05, 0) is 30.6 Å². The number of hydrogen-bond donors (Lipinski definition) is 0. The molecule has 6 nitrogen and oxygen atoms in total. The molecule has 4 atom stereocenters. The fourth-order valence-corrected chi connectivity index (χ4v) is 8.96. The summed E-state index contributed by atoms with van der Waals surface area (Å²) in [5, 5.41) is -0.0366. The van der Waals surface area contributed by atoms with Gasteiger partial charge in [0, 0.05) is 22.8 Å². The van der Waals surface area contributed by atoms with Gasteiger partial charge in [0.1, 0.15) is 0 Å². The molecule has 3 aliphatic rings. The molecule has 4 unspecified atom stereocenters. The van der Waals surface area contributed by atoms with Gasteiger partial charge in [-0.25, -0.2) is 12.7 Å². The first-order valence-corrected chi connectivity index (χ1v) is 11.9. The summed E-state index contributed by atoms with van der Waals surface area (Å²) in [4.78, 5) is 24.1. The fraction of sp³-hybridized carbons (Fsp3) is 0.889. The molecule has 1 heterocycles. The first kappa shape index (κ1) is 20.0. The Kier molecular flexibility index (Phi) is 5.14. The summed E-state index contributed by atoms with van der Waals surface area (Å²) in [6.07, 6.45) is 3.26. The Labute approximate surface area is 160 Å². The average molecular weight is 404 g/mol. The number of fused-ring (bicyclic) bond motifs is 1. The SMILES string of the molecule is COC(=O)CCSC(C)CC(=O)N1C2CC3CCC2(CS1(=O)=O)C3(C)C. The molecule has 0 aromatic carbocycles. The van der Waals surface area contributed by atoms with Gasteiger partial charge < -0.3 is 4.74 Å². The summed E-state index contributed by atoms with van der Waals surface area (Å²) in [5.74, 6) is 0.628. The summed E-state index contributed by atoms with van der Waals surface area (Å²) in [5.41, 5.74) is -0.298. The Morgan fingerprint density at radius 2 is 2.04 bits per heavy atom. The maximum absolute atomic E-state index is 12.9. The molecule has 1 amide bonds. The number of carbonyl (C=O) groups excluding carboxylic acids is 2. The zero-order valence-electron chi connectivity index (χ0n) is 16.0. The van der Waals surface area contributed by atoms with E-state index in [1.165, 1.54) is 23.2 Å². The third kappa shape index (κ3) is 2.97. The van der Waals surface area contributed by atoms with Gasteiger partial charge in [-0.15, -0.1) is 0 Å². The lowest BCUT2D eigenvalue weighted by atomic mass is 9.69. The van der Waals surface area contributed by atoms with Crippen LogP contribution in [-0.2, 0) is 24.3 Å². The fourth-order valence-electron chi connectivity index (χ4n) is 5.46. The van der Waals surface area contributed by atoms with Crippen molar-refractivity contribution in [2.75, 3.05) is 18.6 Å². The van der Waals surface area contributed by atoms with Crippen LogP contribution in [0.3, 0.4) is 0 Å². The number of carbonyl (C=O) groups is 2. The topological polar surface area (TPSA) is 80.8 Å². The van der Waals surface area contributed by atoms with Gasteiger partial charge in [0.15, 0.2) is 0 Å². The molecule has 148 valence electrons. The third-order valence-electron chi connectivity index (χ3n) is 7.06. The van der Waals surface area contributed by atoms with Crippen LogP contribution >= 0.6 is 11.8 Å². The molecule has 2 aliphatic carbocycles. The zero-order valence-corrected chi connectivity index (χ0v) is 17.6. The standard InChI is InChI=1S/C18H29NO5S2/c1-12(25-8-6-16(21)24-4)9-15(20)19-14-10-13-5-7-18(14,17(13,2)3)11-26(19,22)23/h12-14H,5-11H2,1-4H3. The lowest BCUT2D eigenvalue weighted by molar-refractivity contribution is -0.140. The quantitative estimate of drug-likeness (QED) is 0.634. The van der Waals surface area contributed by atoms with Crippen LogP contribution in [0.1, 0.15) is 52.9 Å². The highest BCUT2D eigenvalue weighted by Gasteiger charge is 2.72. The highest BCUT2D eigenvalue weighted by atomic mass is 32.2. The van der Waals surface area contributed by atoms with E-state index in [9.17, 15) is 18.0 Å². The normalized spacial score (nSPS) is 34.5. The van der Waals surface area contributed by atoms with Crippen molar-refractivity contribution < 1.29 is 22.7 Å². The van der Waals surface area contributed by atoms with E-state index in [0.29, 0.717) is 18.1 Å². The highest BCUT2D eigenvalue weighted by Crippen LogP contribution is 2.70. The number of esters is 1. The van der Waals surface area contributed by atoms with Gasteiger partial charge in [-0.1, -0.05) is 20.8 Å². The van der Waals surface area contributed by atoms with Crippen molar-refractivity contribution in [3.8, 4) is 0 Å². The van der Waals surface area contributed by atoms with E-state index < -0.39 is 10.0 Å². The van der Waals surface area contributed by atoms with Crippen LogP contribution in [-0.4, -0.2) is 54.5 Å². The second kappa shape index (κ2) is 6.69. The predicted octanol–water partition coefficient (Wildman–Crippen LogP) is 2.43. The number of methoxy groups -OCH3 is 1. The van der Waals surface area contributed by atoms with Crippen LogP contribution < -0.4 is 0 Å². The van der Waals surface area contributed by atoms with Crippen molar-refractivity contribution in [3.05, 3.63) is 0 Å². The van der Waals surface area contributed by atoms with Crippen LogP contribution in [0.5, 0.6) is 0 Å². The Balaban J connectivity index is 1.67. The molecule has 3 fully saturated rings. The first-order valence-electron chi connectivity index (χ1n) is 9.28. The number of rotatable bonds is 6. The van der Waals surface area contributed by atoms with Gasteiger partial charge in [-0.2, -0.15) is 11.8 Å². The lowest BCUT2D eigenvalue weighted by Gasteiger charge is -2.37. The summed E-state index contributed by atoms with van der Waals surface area (Å²) >= 11 is 1.50. The minimum atomic E-state index is -3.54. The van der Waals surface area contributed by atoms with E-state index in [4.69, 9.17) is 0 Å². The Hall–Kier alpha value is -0.760. The van der Waals surface area contributed by atoms with Crippen molar-refractivity contribution in [1.82, 2.24) is 4.31 Å². The molecular weight excluding hydrogens is 374 g/mol. The molecular formula is C18H29NO5S2. The molecule has 0 aromatic heterocycles. The minimum absolute atomic E-state index is 0.0271. The summed E-state index contributed by atoms with van der Waals surface area (Å²) in [6, 6.07) is -0.166. The number of sulfonamides is 1. The van der Waals surface area contributed by atoms with Crippen molar-refractivity contribution in [2.24, 2.45) is 16.7 Å². The molecule has 1 aliphatic heterocycles. The monoisotopic (exact) mass is 403 g/mol. The number of amides is 1. The lowest BCUT2D eigenvalue weighted by Crippen LogP contribution is -2.44. The van der Waals surface area contributed by atoms with Gasteiger partial charge in [0.05, 0.1) is 25.3 Å². The number of thioether (sulfide) groups is 1. The number of hydrogen-bond acceptors (Lipinski definition) is 6. The second-order valence-corrected chi connectivity index (χ2v) is 11.9. The molecule has 0 aromatic rings. The maximum Gasteiger partial charge on any atom is 0.306 e. The summed E-state index contributed by atoms with van der Waals surface area (Å²) in [6.45, 7) is 6.27. The van der Waals surface area contributed by atoms with Crippen molar-refractivity contribution in [3.63, 3.8) is 0 Å². The van der Waals surface area contributed by atoms with Gasteiger partial charge in [0.25, 0.3) is 0 Å². The van der Waals surface area contributed by atoms with Crippen LogP contribution in [0, 0.1) is 16.7 Å². The molecule has 1 saturated heterocycles. The molecule has 0 N–H and O–H groups in total. The number of nitrogens with zero attached hydrogens (tertiary/aromatic N) is 1. The van der Waals surface area contributed by atoms with E-state index in [2.05, 4.69) is 18.6 Å². The van der Waals surface area contributed by atoms with Gasteiger partial charge in [0.2, 0.25) is 15.9 Å². The van der Waals surface area contributed by atoms with Gasteiger partial charge >= 0.3 is 5.97 Å². The molecule has 0 radical (unpaired) electrons. The minimum Gasteiger partial charge on any atom is -0.469 e. The molecule has 3 rings (SSSR count). The van der Waals surface area contributed by atoms with Crippen molar-refractivity contribution >= 4 is 33.7 Å². The van der Waals surface area contributed by atoms with E-state index in [1.54, 1.807) is 0 Å². The van der Waals surface area contributed by atoms with E-state index >= 15 is 0 Å². The van der Waals surface area contributed by atoms with Crippen LogP contribution in [0.15, 0.2) is 0 Å². The Morgan fingerprint density at radius 3 is 2.65 bits per heavy atom. The van der Waals surface area contributed by atoms with E-state index in [1.807, 2.05) is 6.92 Å². The second-order valence-electron chi connectivity index (χ2n) is 8.52. The summed E-state index contributed by atoms with van der Waals surface area (Å²) in [7, 11) is -2.19. The molecule has 2 bridgehead atoms. The summed E-state index contributed by atoms with van der Waals surface area (Å²) < 4.78 is 31.5. The molecule has 2 saturated carbocycles. The third-order valence-corrected chi connectivity index (χ3v) is 10.2. The molecule has 1 spiro atoms. The zero-order chi connectivity index (χ0) is 19.3. The maximum atomic E-state index is 12.9. The van der Waals surface area contributed by atoms with Crippen LogP contribution in [0.2, 0.25) is 0 Å². The van der Waals surface area contributed by atoms with Crippen LogP contribution in [0.4, 0.5) is 0 Å². The van der Waals surface area contributed by atoms with Crippen LogP contribution in [0.25, 0.3) is 0 Å². The Bertz CT molecular complexity index is 704.